The molecule has 0 amide bonds. The molecule has 1 aromatic carbocycles. The van der Waals surface area contributed by atoms with Gasteiger partial charge in [-0.1, -0.05) is 0 Å². The van der Waals surface area contributed by atoms with Crippen LogP contribution in [0.25, 0.3) is 0 Å². The molecule has 0 aromatic heterocycles. The Bertz CT molecular complexity index is 471. The molecule has 1 fully saturated rings. The molecule has 0 bridgehead atoms. The Morgan fingerprint density at radius 3 is 2.43 bits per heavy atom. The normalized spacial score (nSPS) is 18.0. The van der Waals surface area contributed by atoms with Crippen molar-refractivity contribution in [1.82, 2.24) is 10.2 Å². The fraction of sp³-hybridized carbons (Fsp3) is 0.538. The topological polar surface area (TPSA) is 76.0 Å². The van der Waals surface area contributed by atoms with Crippen molar-refractivity contribution in [2.24, 2.45) is 0 Å². The first kappa shape index (κ1) is 17.9. The van der Waals surface area contributed by atoms with Crippen LogP contribution in [0.4, 0.5) is 8.78 Å². The number of halogens is 3. The highest BCUT2D eigenvalue weighted by atomic mass is 35.5. The summed E-state index contributed by atoms with van der Waals surface area (Å²) in [4.78, 5) is 1.50. The molecular formula is C13H19ClF2N2O3. The van der Waals surface area contributed by atoms with Crippen molar-refractivity contribution in [2.45, 2.75) is 12.0 Å². The molecule has 1 aliphatic heterocycles. The van der Waals surface area contributed by atoms with E-state index >= 15 is 0 Å². The maximum Gasteiger partial charge on any atom is 0.290 e. The summed E-state index contributed by atoms with van der Waals surface area (Å²) < 4.78 is 28.2. The second-order valence-electron chi connectivity index (χ2n) is 4.85. The number of aliphatic hydroxyl groups is 1. The first-order chi connectivity index (χ1) is 9.45. The van der Waals surface area contributed by atoms with E-state index in [1.807, 2.05) is 0 Å². The highest BCUT2D eigenvalue weighted by Crippen LogP contribution is 2.41. The molecule has 5 nitrogen and oxygen atoms in total. The lowest BCUT2D eigenvalue weighted by Gasteiger charge is -2.38. The van der Waals surface area contributed by atoms with Gasteiger partial charge in [0.2, 0.25) is 0 Å². The lowest BCUT2D eigenvalue weighted by atomic mass is 9.97. The molecule has 0 saturated carbocycles. The molecule has 2 rings (SSSR count). The van der Waals surface area contributed by atoms with E-state index in [0.717, 1.165) is 6.07 Å². The predicted molar refractivity (Wildman–Crippen MR) is 76.2 cm³/mol. The van der Waals surface area contributed by atoms with Gasteiger partial charge in [0.05, 0.1) is 0 Å². The Labute approximate surface area is 127 Å². The number of piperazine rings is 1. The van der Waals surface area contributed by atoms with E-state index in [9.17, 15) is 19.0 Å². The number of nitrogens with one attached hydrogen (secondary N) is 1. The molecule has 1 atom stereocenters. The minimum atomic E-state index is -3.41. The molecule has 4 N–H and O–H groups in total. The molecule has 21 heavy (non-hydrogen) atoms. The number of aromatic hydroxyl groups is 2. The molecule has 0 unspecified atom stereocenters. The third-order valence-corrected chi connectivity index (χ3v) is 3.43. The molecule has 0 aliphatic carbocycles. The molecule has 120 valence electrons. The van der Waals surface area contributed by atoms with Crippen molar-refractivity contribution in [3.63, 3.8) is 0 Å². The molecule has 1 aliphatic rings. The van der Waals surface area contributed by atoms with E-state index in [4.69, 9.17) is 5.11 Å². The lowest BCUT2D eigenvalue weighted by Crippen LogP contribution is -2.51. The first-order valence-electron chi connectivity index (χ1n) is 6.41. The largest absolute Gasteiger partial charge is 0.508 e. The quantitative estimate of drug-likeness (QED) is 0.624. The van der Waals surface area contributed by atoms with Crippen LogP contribution < -0.4 is 5.32 Å². The van der Waals surface area contributed by atoms with Crippen molar-refractivity contribution < 1.29 is 24.1 Å². The summed E-state index contributed by atoms with van der Waals surface area (Å²) in [5, 5.41) is 31.3. The number of phenolic OH excluding ortho intramolecular Hbond substituents is 2. The number of alkyl halides is 2. The second kappa shape index (κ2) is 7.22. The maximum atomic E-state index is 14.1. The molecule has 0 spiro atoms. The third kappa shape index (κ3) is 3.94. The van der Waals surface area contributed by atoms with Crippen molar-refractivity contribution in [1.29, 1.82) is 0 Å². The zero-order valence-corrected chi connectivity index (χ0v) is 12.1. The van der Waals surface area contributed by atoms with Crippen LogP contribution in [0, 0.1) is 0 Å². The standard InChI is InChI=1S/C13H18F2N2O3.ClH/c14-13(15,8-18)12(17-5-3-16-4-6-17)10-7-9(19)1-2-11(10)20;/h1-2,7,12,16,18-20H,3-6,8H2;1H/t12-;/m0./s1. The number of aliphatic hydroxyl groups excluding tert-OH is 1. The van der Waals surface area contributed by atoms with Crippen LogP contribution in [0.5, 0.6) is 11.5 Å². The Hall–Kier alpha value is -1.15. The fourth-order valence-electron chi connectivity index (χ4n) is 2.48. The summed E-state index contributed by atoms with van der Waals surface area (Å²) in [5.41, 5.74) is -0.0778. The van der Waals surface area contributed by atoms with Crippen LogP contribution in [-0.4, -0.2) is 58.9 Å². The van der Waals surface area contributed by atoms with Gasteiger partial charge < -0.3 is 20.6 Å². The third-order valence-electron chi connectivity index (χ3n) is 3.43. The van der Waals surface area contributed by atoms with Gasteiger partial charge in [0.25, 0.3) is 5.92 Å². The molecule has 0 radical (unpaired) electrons. The van der Waals surface area contributed by atoms with Crippen LogP contribution in [-0.2, 0) is 0 Å². The molecule has 1 heterocycles. The van der Waals surface area contributed by atoms with Crippen molar-refractivity contribution in [3.8, 4) is 11.5 Å². The number of benzene rings is 1. The van der Waals surface area contributed by atoms with Gasteiger partial charge in [-0.2, -0.15) is 0 Å². The van der Waals surface area contributed by atoms with E-state index in [1.54, 1.807) is 0 Å². The molecular weight excluding hydrogens is 306 g/mol. The Morgan fingerprint density at radius 2 is 1.86 bits per heavy atom. The van der Waals surface area contributed by atoms with Gasteiger partial charge in [0, 0.05) is 31.7 Å². The number of rotatable bonds is 4. The Kier molecular flexibility index (Phi) is 6.15. The molecule has 1 saturated heterocycles. The van der Waals surface area contributed by atoms with Crippen LogP contribution in [0.15, 0.2) is 18.2 Å². The van der Waals surface area contributed by atoms with Crippen molar-refractivity contribution in [2.75, 3.05) is 32.8 Å². The minimum Gasteiger partial charge on any atom is -0.508 e. The van der Waals surface area contributed by atoms with Gasteiger partial charge in [0.1, 0.15) is 24.1 Å². The molecule has 8 heteroatoms. The fourth-order valence-corrected chi connectivity index (χ4v) is 2.48. The zero-order chi connectivity index (χ0) is 14.8. The van der Waals surface area contributed by atoms with Crippen LogP contribution in [0.1, 0.15) is 11.6 Å². The zero-order valence-electron chi connectivity index (χ0n) is 11.3. The number of nitrogens with zero attached hydrogens (tertiary/aromatic N) is 1. The van der Waals surface area contributed by atoms with Crippen LogP contribution in [0.2, 0.25) is 0 Å². The summed E-state index contributed by atoms with van der Waals surface area (Å²) >= 11 is 0. The highest BCUT2D eigenvalue weighted by Gasteiger charge is 2.45. The van der Waals surface area contributed by atoms with E-state index < -0.39 is 18.6 Å². The average molecular weight is 325 g/mol. The number of hydrogen-bond acceptors (Lipinski definition) is 5. The van der Waals surface area contributed by atoms with Crippen LogP contribution in [0.3, 0.4) is 0 Å². The highest BCUT2D eigenvalue weighted by molar-refractivity contribution is 5.85. The maximum absolute atomic E-state index is 14.1. The van der Waals surface area contributed by atoms with Gasteiger partial charge in [0.15, 0.2) is 0 Å². The summed E-state index contributed by atoms with van der Waals surface area (Å²) in [7, 11) is 0. The summed E-state index contributed by atoms with van der Waals surface area (Å²) in [6.45, 7) is 0.524. The van der Waals surface area contributed by atoms with E-state index in [0.29, 0.717) is 26.2 Å². The molecule has 1 aromatic rings. The first-order valence-corrected chi connectivity index (χ1v) is 6.41. The van der Waals surface area contributed by atoms with Crippen molar-refractivity contribution in [3.05, 3.63) is 23.8 Å². The lowest BCUT2D eigenvalue weighted by molar-refractivity contribution is -0.119. The van der Waals surface area contributed by atoms with E-state index in [-0.39, 0.29) is 29.5 Å². The Morgan fingerprint density at radius 1 is 1.24 bits per heavy atom. The minimum absolute atomic E-state index is 0. The van der Waals surface area contributed by atoms with Gasteiger partial charge >= 0.3 is 0 Å². The summed E-state index contributed by atoms with van der Waals surface area (Å²) in [6, 6.07) is 2.05. The van der Waals surface area contributed by atoms with Crippen LogP contribution >= 0.6 is 12.4 Å². The SMILES string of the molecule is Cl.OCC(F)(F)[C@H](c1cc(O)ccc1O)N1CCNCC1. The summed E-state index contributed by atoms with van der Waals surface area (Å²) in [6.07, 6.45) is 0. The monoisotopic (exact) mass is 324 g/mol. The van der Waals surface area contributed by atoms with Gasteiger partial charge in [-0.15, -0.1) is 12.4 Å². The predicted octanol–water partition coefficient (Wildman–Crippen LogP) is 1.09. The van der Waals surface area contributed by atoms with Gasteiger partial charge in [-0.3, -0.25) is 4.90 Å². The smallest absolute Gasteiger partial charge is 0.290 e. The number of hydrogen-bond donors (Lipinski definition) is 4. The average Bonchev–Trinajstić information content (AvgIpc) is 2.44. The van der Waals surface area contributed by atoms with E-state index in [1.165, 1.54) is 17.0 Å². The second-order valence-corrected chi connectivity index (χ2v) is 4.85. The van der Waals surface area contributed by atoms with Gasteiger partial charge in [-0.05, 0) is 18.2 Å². The van der Waals surface area contributed by atoms with Gasteiger partial charge in [-0.25, -0.2) is 8.78 Å². The number of phenols is 2. The van der Waals surface area contributed by atoms with Crippen molar-refractivity contribution >= 4 is 12.4 Å². The Balaban J connectivity index is 0.00000220. The summed E-state index contributed by atoms with van der Waals surface area (Å²) in [5.74, 6) is -3.94. The van der Waals surface area contributed by atoms with E-state index in [2.05, 4.69) is 5.32 Å².